The molecule has 0 rings (SSSR count). The van der Waals surface area contributed by atoms with Crippen LogP contribution < -0.4 is 11.2 Å². The van der Waals surface area contributed by atoms with Crippen molar-refractivity contribution in [1.82, 2.24) is 5.48 Å². The molecule has 6 nitrogen and oxygen atoms in total. The summed E-state index contributed by atoms with van der Waals surface area (Å²) in [6.45, 7) is 0.507. The second-order valence-electron chi connectivity index (χ2n) is 1.76. The van der Waals surface area contributed by atoms with E-state index in [2.05, 4.69) is 4.74 Å². The molecule has 5 N–H and O–H groups in total. The molecule has 0 aromatic rings. The van der Waals surface area contributed by atoms with Crippen molar-refractivity contribution in [3.63, 3.8) is 0 Å². The molecule has 0 aromatic carbocycles. The summed E-state index contributed by atoms with van der Waals surface area (Å²) in [6, 6.07) is 0. The molecule has 0 aliphatic rings. The van der Waals surface area contributed by atoms with Crippen molar-refractivity contribution in [2.75, 3.05) is 31.8 Å². The van der Waals surface area contributed by atoms with Gasteiger partial charge in [-0.15, -0.1) is 0 Å². The Morgan fingerprint density at radius 3 is 2.33 bits per heavy atom. The zero-order chi connectivity index (χ0) is 11.2. The Bertz CT molecular complexity index is 134. The van der Waals surface area contributed by atoms with Crippen molar-refractivity contribution >= 4 is 27.7 Å². The standard InChI is InChI=1S/C5H11NO3S2.CH5NO.Y/c6-5(8)9-2-4-11-10-3-1-7;1-2-3;/h7H,1-4H2,(H2,6,8);2-3H,1H3;. The third kappa shape index (κ3) is 31.3. The van der Waals surface area contributed by atoms with E-state index in [9.17, 15) is 4.79 Å². The third-order valence-electron chi connectivity index (χ3n) is 0.669. The van der Waals surface area contributed by atoms with Crippen LogP contribution in [0.4, 0.5) is 4.79 Å². The van der Waals surface area contributed by atoms with Crippen LogP contribution in [0.5, 0.6) is 0 Å². The number of amides is 1. The molecule has 0 unspecified atom stereocenters. The summed E-state index contributed by atoms with van der Waals surface area (Å²) in [4.78, 5) is 10.0. The van der Waals surface area contributed by atoms with E-state index in [0.717, 1.165) is 0 Å². The number of carbonyl (C=O) groups excluding carboxylic acids is 1. The van der Waals surface area contributed by atoms with Crippen molar-refractivity contribution < 1.29 is 52.6 Å². The van der Waals surface area contributed by atoms with E-state index in [1.807, 2.05) is 0 Å². The van der Waals surface area contributed by atoms with Gasteiger partial charge in [0.2, 0.25) is 0 Å². The van der Waals surface area contributed by atoms with E-state index < -0.39 is 6.09 Å². The van der Waals surface area contributed by atoms with Crippen LogP contribution in [-0.4, -0.2) is 48.2 Å². The van der Waals surface area contributed by atoms with Gasteiger partial charge in [-0.2, -0.15) is 0 Å². The molecule has 0 aliphatic carbocycles. The summed E-state index contributed by atoms with van der Waals surface area (Å²) in [7, 11) is 4.51. The minimum atomic E-state index is -0.738. The van der Waals surface area contributed by atoms with Crippen LogP contribution >= 0.6 is 21.6 Å². The summed E-state index contributed by atoms with van der Waals surface area (Å²) in [5, 5.41) is 15.7. The van der Waals surface area contributed by atoms with E-state index in [-0.39, 0.29) is 39.3 Å². The van der Waals surface area contributed by atoms with Gasteiger partial charge in [-0.05, 0) is 0 Å². The first-order valence-electron chi connectivity index (χ1n) is 3.77. The molecule has 0 heterocycles. The Balaban J connectivity index is -0.000000320. The summed E-state index contributed by atoms with van der Waals surface area (Å²) >= 11 is 0. The summed E-state index contributed by atoms with van der Waals surface area (Å²) in [5.41, 5.74) is 6.47. The first-order valence-corrected chi connectivity index (χ1v) is 6.26. The smallest absolute Gasteiger partial charge is 0.404 e. The number of hydroxylamine groups is 1. The third-order valence-corrected chi connectivity index (χ3v) is 3.02. The van der Waals surface area contributed by atoms with Gasteiger partial charge in [-0.1, -0.05) is 21.6 Å². The zero-order valence-electron chi connectivity index (χ0n) is 8.51. The van der Waals surface area contributed by atoms with Crippen molar-refractivity contribution in [1.29, 1.82) is 0 Å². The van der Waals surface area contributed by atoms with Crippen LogP contribution in [0.2, 0.25) is 0 Å². The molecule has 0 aromatic heterocycles. The number of hydrogen-bond donors (Lipinski definition) is 4. The fraction of sp³-hybridized carbons (Fsp3) is 0.833. The van der Waals surface area contributed by atoms with Crippen molar-refractivity contribution in [3.05, 3.63) is 0 Å². The normalized spacial score (nSPS) is 8.20. The average molecular weight is 333 g/mol. The molecule has 0 spiro atoms. The Labute approximate surface area is 122 Å². The fourth-order valence-electron chi connectivity index (χ4n) is 0.331. The van der Waals surface area contributed by atoms with Gasteiger partial charge in [-0.25, -0.2) is 10.3 Å². The molecule has 89 valence electrons. The molecule has 1 radical (unpaired) electrons. The number of aliphatic hydroxyl groups excluding tert-OH is 1. The fourth-order valence-corrected chi connectivity index (χ4v) is 1.93. The zero-order valence-corrected chi connectivity index (χ0v) is 13.0. The molecule has 15 heavy (non-hydrogen) atoms. The SMILES string of the molecule is CNO.NC(=O)OCCSSCCO.[Y]. The van der Waals surface area contributed by atoms with Gasteiger partial charge in [0, 0.05) is 51.3 Å². The summed E-state index contributed by atoms with van der Waals surface area (Å²) in [6.07, 6.45) is -0.738. The number of carbonyl (C=O) groups is 1. The van der Waals surface area contributed by atoms with Gasteiger partial charge >= 0.3 is 6.09 Å². The number of rotatable bonds is 6. The Hall–Kier alpha value is 0.954. The predicted octanol–water partition coefficient (Wildman–Crippen LogP) is 0.0479. The number of aliphatic hydroxyl groups is 1. The molecule has 0 saturated heterocycles. The van der Waals surface area contributed by atoms with Crippen LogP contribution in [0.15, 0.2) is 0 Å². The quantitative estimate of drug-likeness (QED) is 0.309. The second kappa shape index (κ2) is 20.4. The number of nitrogens with two attached hydrogens (primary N) is 1. The van der Waals surface area contributed by atoms with Crippen LogP contribution in [-0.2, 0) is 37.4 Å². The first-order chi connectivity index (χ1) is 6.68. The molecule has 0 aliphatic heterocycles. The molecular formula is C6H16N2O4S2Y. The van der Waals surface area contributed by atoms with Gasteiger partial charge in [0.15, 0.2) is 0 Å². The van der Waals surface area contributed by atoms with Crippen LogP contribution in [0, 0.1) is 0 Å². The van der Waals surface area contributed by atoms with Crippen LogP contribution in [0.1, 0.15) is 0 Å². The molecule has 0 saturated carbocycles. The Morgan fingerprint density at radius 2 is 1.93 bits per heavy atom. The summed E-state index contributed by atoms with van der Waals surface area (Å²) in [5.74, 6) is 1.40. The number of nitrogens with one attached hydrogen (secondary N) is 1. The maximum absolute atomic E-state index is 10.0. The van der Waals surface area contributed by atoms with Crippen molar-refractivity contribution in [2.45, 2.75) is 0 Å². The number of primary amides is 1. The molecule has 0 fully saturated rings. The Morgan fingerprint density at radius 1 is 1.47 bits per heavy atom. The molecule has 1 amide bonds. The Kier molecular flexibility index (Phi) is 28.9. The molecule has 9 heteroatoms. The summed E-state index contributed by atoms with van der Waals surface area (Å²) < 4.78 is 4.46. The number of hydrogen-bond acceptors (Lipinski definition) is 7. The number of ether oxygens (including phenoxy) is 1. The topological polar surface area (TPSA) is 105 Å². The van der Waals surface area contributed by atoms with Gasteiger partial charge in [0.25, 0.3) is 0 Å². The molecular weight excluding hydrogens is 317 g/mol. The van der Waals surface area contributed by atoms with E-state index in [4.69, 9.17) is 16.0 Å². The minimum Gasteiger partial charge on any atom is -0.449 e. The van der Waals surface area contributed by atoms with Crippen molar-refractivity contribution in [2.24, 2.45) is 5.73 Å². The van der Waals surface area contributed by atoms with E-state index in [1.165, 1.54) is 17.8 Å². The van der Waals surface area contributed by atoms with E-state index in [1.54, 1.807) is 16.3 Å². The maximum Gasteiger partial charge on any atom is 0.404 e. The van der Waals surface area contributed by atoms with Gasteiger partial charge in [0.1, 0.15) is 6.61 Å². The molecule has 0 bridgehead atoms. The monoisotopic (exact) mass is 333 g/mol. The second-order valence-corrected chi connectivity index (χ2v) is 4.46. The van der Waals surface area contributed by atoms with Gasteiger partial charge in [-0.3, -0.25) is 0 Å². The minimum absolute atomic E-state index is 0. The van der Waals surface area contributed by atoms with E-state index in [0.29, 0.717) is 18.1 Å². The maximum atomic E-state index is 10.0. The van der Waals surface area contributed by atoms with Crippen LogP contribution in [0.25, 0.3) is 0 Å². The van der Waals surface area contributed by atoms with Crippen molar-refractivity contribution in [3.8, 4) is 0 Å². The van der Waals surface area contributed by atoms with Crippen LogP contribution in [0.3, 0.4) is 0 Å². The van der Waals surface area contributed by atoms with Gasteiger partial charge < -0.3 is 20.8 Å². The largest absolute Gasteiger partial charge is 0.449 e. The molecule has 0 atom stereocenters. The van der Waals surface area contributed by atoms with Gasteiger partial charge in [0.05, 0.1) is 6.61 Å². The van der Waals surface area contributed by atoms with E-state index >= 15 is 0 Å². The average Bonchev–Trinajstić information content (AvgIpc) is 2.12. The predicted molar refractivity (Wildman–Crippen MR) is 58.4 cm³/mol. The first kappa shape index (κ1) is 21.3.